The van der Waals surface area contributed by atoms with Gasteiger partial charge in [0.15, 0.2) is 21.3 Å². The number of ether oxygens (including phenoxy) is 2. The van der Waals surface area contributed by atoms with E-state index in [9.17, 15) is 8.42 Å². The van der Waals surface area contributed by atoms with Gasteiger partial charge in [0.25, 0.3) is 0 Å². The fourth-order valence-electron chi connectivity index (χ4n) is 4.16. The van der Waals surface area contributed by atoms with E-state index in [4.69, 9.17) is 9.47 Å². The molecule has 1 N–H and O–H groups in total. The topological polar surface area (TPSA) is 64.6 Å². The molecule has 0 bridgehead atoms. The Kier molecular flexibility index (Phi) is 4.86. The van der Waals surface area contributed by atoms with Gasteiger partial charge in [-0.2, -0.15) is 0 Å². The number of rotatable bonds is 5. The normalized spacial score (nSPS) is 22.7. The summed E-state index contributed by atoms with van der Waals surface area (Å²) in [6.07, 6.45) is 4.51. The minimum atomic E-state index is -3.14. The zero-order chi connectivity index (χ0) is 19.0. The Bertz CT molecular complexity index is 924. The van der Waals surface area contributed by atoms with Gasteiger partial charge in [0, 0.05) is 23.9 Å². The van der Waals surface area contributed by atoms with Crippen molar-refractivity contribution in [2.75, 3.05) is 13.0 Å². The molecule has 2 aromatic rings. The lowest BCUT2D eigenvalue weighted by molar-refractivity contribution is 0.172. The Balaban J connectivity index is 1.41. The van der Waals surface area contributed by atoms with Gasteiger partial charge in [0.2, 0.25) is 6.79 Å². The van der Waals surface area contributed by atoms with Crippen molar-refractivity contribution >= 4 is 9.84 Å². The third-order valence-corrected chi connectivity index (χ3v) is 6.72. The molecule has 0 aromatic heterocycles. The molecule has 6 heteroatoms. The minimum Gasteiger partial charge on any atom is -0.454 e. The number of hydrogen-bond acceptors (Lipinski definition) is 5. The fourth-order valence-corrected chi connectivity index (χ4v) is 4.79. The summed E-state index contributed by atoms with van der Waals surface area (Å²) in [5.74, 6) is 2.13. The second-order valence-electron chi connectivity index (χ2n) is 7.52. The van der Waals surface area contributed by atoms with Crippen molar-refractivity contribution < 1.29 is 17.9 Å². The number of fused-ring (bicyclic) bond motifs is 1. The zero-order valence-electron chi connectivity index (χ0n) is 15.6. The molecule has 144 valence electrons. The van der Waals surface area contributed by atoms with Crippen LogP contribution in [-0.2, 0) is 9.84 Å². The molecule has 1 saturated carbocycles. The SMILES string of the molecule is CC(NC1CCC(c2ccc(S(C)(=O)=O)cc2)C1)c1cccc2c1OCO2. The van der Waals surface area contributed by atoms with E-state index in [1.807, 2.05) is 24.3 Å². The summed E-state index contributed by atoms with van der Waals surface area (Å²) < 4.78 is 34.4. The Morgan fingerprint density at radius 3 is 2.59 bits per heavy atom. The summed E-state index contributed by atoms with van der Waals surface area (Å²) in [5, 5.41) is 3.73. The van der Waals surface area contributed by atoms with E-state index < -0.39 is 9.84 Å². The van der Waals surface area contributed by atoms with Crippen molar-refractivity contribution in [2.45, 2.75) is 49.1 Å². The minimum absolute atomic E-state index is 0.179. The van der Waals surface area contributed by atoms with Gasteiger partial charge < -0.3 is 14.8 Å². The van der Waals surface area contributed by atoms with Crippen LogP contribution in [0.3, 0.4) is 0 Å². The number of nitrogens with one attached hydrogen (secondary N) is 1. The monoisotopic (exact) mass is 387 g/mol. The van der Waals surface area contributed by atoms with E-state index in [2.05, 4.69) is 18.3 Å². The molecule has 1 fully saturated rings. The van der Waals surface area contributed by atoms with Crippen LogP contribution in [0.2, 0.25) is 0 Å². The van der Waals surface area contributed by atoms with Gasteiger partial charge >= 0.3 is 0 Å². The largest absolute Gasteiger partial charge is 0.454 e. The third kappa shape index (κ3) is 3.82. The highest BCUT2D eigenvalue weighted by atomic mass is 32.2. The Hall–Kier alpha value is -2.05. The van der Waals surface area contributed by atoms with Crippen LogP contribution in [0.25, 0.3) is 0 Å². The zero-order valence-corrected chi connectivity index (χ0v) is 16.5. The van der Waals surface area contributed by atoms with Crippen molar-refractivity contribution in [2.24, 2.45) is 0 Å². The molecule has 3 atom stereocenters. The van der Waals surface area contributed by atoms with Crippen LogP contribution < -0.4 is 14.8 Å². The molecule has 0 spiro atoms. The lowest BCUT2D eigenvalue weighted by atomic mass is 9.97. The predicted octanol–water partition coefficient (Wildman–Crippen LogP) is 3.81. The van der Waals surface area contributed by atoms with Crippen molar-refractivity contribution in [3.05, 3.63) is 53.6 Å². The Morgan fingerprint density at radius 2 is 1.85 bits per heavy atom. The van der Waals surface area contributed by atoms with E-state index >= 15 is 0 Å². The highest BCUT2D eigenvalue weighted by Gasteiger charge is 2.29. The molecule has 0 radical (unpaired) electrons. The highest BCUT2D eigenvalue weighted by molar-refractivity contribution is 7.90. The predicted molar refractivity (Wildman–Crippen MR) is 104 cm³/mol. The van der Waals surface area contributed by atoms with Crippen LogP contribution in [0.15, 0.2) is 47.4 Å². The average molecular weight is 388 g/mol. The molecule has 2 aromatic carbocycles. The molecule has 3 unspecified atom stereocenters. The molecule has 0 amide bonds. The van der Waals surface area contributed by atoms with Crippen molar-refractivity contribution in [3.8, 4) is 11.5 Å². The number of para-hydroxylation sites is 1. The standard InChI is InChI=1S/C21H25NO4S/c1-14(19-4-3-5-20-21(19)26-13-25-20)22-17-9-6-16(12-17)15-7-10-18(11-8-15)27(2,23)24/h3-5,7-8,10-11,14,16-17,22H,6,9,12-13H2,1-2H3. The second-order valence-corrected chi connectivity index (χ2v) is 9.53. The molecule has 1 aliphatic heterocycles. The maximum Gasteiger partial charge on any atom is 0.231 e. The molecule has 1 heterocycles. The number of sulfone groups is 1. The molecule has 2 aliphatic rings. The molecule has 5 nitrogen and oxygen atoms in total. The van der Waals surface area contributed by atoms with Crippen molar-refractivity contribution in [1.29, 1.82) is 0 Å². The summed E-state index contributed by atoms with van der Waals surface area (Å²) in [7, 11) is -3.14. The van der Waals surface area contributed by atoms with Gasteiger partial charge in [-0.15, -0.1) is 0 Å². The third-order valence-electron chi connectivity index (χ3n) is 5.59. The van der Waals surface area contributed by atoms with Gasteiger partial charge in [-0.05, 0) is 55.9 Å². The van der Waals surface area contributed by atoms with Gasteiger partial charge in [0.1, 0.15) is 0 Å². The van der Waals surface area contributed by atoms with Crippen LogP contribution in [0, 0.1) is 0 Å². The maximum atomic E-state index is 11.6. The molecule has 4 rings (SSSR count). The lowest BCUT2D eigenvalue weighted by Crippen LogP contribution is -2.29. The van der Waals surface area contributed by atoms with Crippen LogP contribution in [0.4, 0.5) is 0 Å². The maximum absolute atomic E-state index is 11.6. The highest BCUT2D eigenvalue weighted by Crippen LogP contribution is 2.40. The van der Waals surface area contributed by atoms with Gasteiger partial charge in [-0.25, -0.2) is 8.42 Å². The first-order chi connectivity index (χ1) is 12.9. The lowest BCUT2D eigenvalue weighted by Gasteiger charge is -2.21. The summed E-state index contributed by atoms with van der Waals surface area (Å²) in [6.45, 7) is 2.44. The number of benzene rings is 2. The van der Waals surface area contributed by atoms with Crippen molar-refractivity contribution in [1.82, 2.24) is 5.32 Å². The van der Waals surface area contributed by atoms with Gasteiger partial charge in [0.05, 0.1) is 4.90 Å². The molecule has 1 aliphatic carbocycles. The van der Waals surface area contributed by atoms with Gasteiger partial charge in [-0.1, -0.05) is 24.3 Å². The summed E-state index contributed by atoms with van der Waals surface area (Å²) >= 11 is 0. The summed E-state index contributed by atoms with van der Waals surface area (Å²) in [5.41, 5.74) is 2.35. The second kappa shape index (κ2) is 7.17. The average Bonchev–Trinajstić information content (AvgIpc) is 3.30. The molecule has 0 saturated heterocycles. The Labute approximate surface area is 160 Å². The summed E-state index contributed by atoms with van der Waals surface area (Å²) in [4.78, 5) is 0.382. The van der Waals surface area contributed by atoms with E-state index in [0.717, 1.165) is 36.3 Å². The van der Waals surface area contributed by atoms with Crippen molar-refractivity contribution in [3.63, 3.8) is 0 Å². The molecular weight excluding hydrogens is 362 g/mol. The summed E-state index contributed by atoms with van der Waals surface area (Å²) in [6, 6.07) is 14.0. The van der Waals surface area contributed by atoms with Crippen LogP contribution in [0.1, 0.15) is 49.3 Å². The first kappa shape index (κ1) is 18.3. The van der Waals surface area contributed by atoms with Gasteiger partial charge in [-0.3, -0.25) is 0 Å². The fraction of sp³-hybridized carbons (Fsp3) is 0.429. The number of hydrogen-bond donors (Lipinski definition) is 1. The quantitative estimate of drug-likeness (QED) is 0.845. The van der Waals surface area contributed by atoms with Crippen LogP contribution in [0.5, 0.6) is 11.5 Å². The van der Waals surface area contributed by atoms with E-state index in [0.29, 0.717) is 16.9 Å². The van der Waals surface area contributed by atoms with E-state index in [-0.39, 0.29) is 12.8 Å². The molecular formula is C21H25NO4S. The first-order valence-corrected chi connectivity index (χ1v) is 11.3. The first-order valence-electron chi connectivity index (χ1n) is 9.36. The van der Waals surface area contributed by atoms with E-state index in [1.54, 1.807) is 12.1 Å². The smallest absolute Gasteiger partial charge is 0.231 e. The van der Waals surface area contributed by atoms with Crippen LogP contribution in [-0.4, -0.2) is 27.5 Å². The van der Waals surface area contributed by atoms with E-state index in [1.165, 1.54) is 11.8 Å². The molecule has 27 heavy (non-hydrogen) atoms. The van der Waals surface area contributed by atoms with Crippen LogP contribution >= 0.6 is 0 Å². The Morgan fingerprint density at radius 1 is 1.07 bits per heavy atom.